The van der Waals surface area contributed by atoms with Gasteiger partial charge in [-0.1, -0.05) is 136 Å². The van der Waals surface area contributed by atoms with Crippen LogP contribution in [0.15, 0.2) is 109 Å². The highest BCUT2D eigenvalue weighted by Crippen LogP contribution is 2.23. The average molecular weight is 805 g/mol. The van der Waals surface area contributed by atoms with E-state index in [1.54, 1.807) is 0 Å². The summed E-state index contributed by atoms with van der Waals surface area (Å²) < 4.78 is 53.8. The molecule has 13 heteroatoms. The second kappa shape index (κ2) is 32.4. The summed E-state index contributed by atoms with van der Waals surface area (Å²) in [4.78, 5) is 25.3. The maximum absolute atomic E-state index is 12.7. The average Bonchev–Trinajstić information content (AvgIpc) is 3.16. The van der Waals surface area contributed by atoms with E-state index in [1.165, 1.54) is 0 Å². The molecule has 1 heterocycles. The van der Waals surface area contributed by atoms with Gasteiger partial charge in [-0.05, 0) is 51.4 Å². The van der Waals surface area contributed by atoms with Crippen LogP contribution in [-0.2, 0) is 38.7 Å². The molecule has 0 amide bonds. The molecule has 0 aromatic carbocycles. The van der Waals surface area contributed by atoms with Gasteiger partial charge in [0.2, 0.25) is 0 Å². The minimum Gasteiger partial charge on any atom is -0.462 e. The summed E-state index contributed by atoms with van der Waals surface area (Å²) in [6.45, 7) is 3.35. The number of carbonyl (C=O) groups is 2. The zero-order valence-electron chi connectivity index (χ0n) is 32.9. The van der Waals surface area contributed by atoms with E-state index in [1.807, 2.05) is 91.1 Å². The van der Waals surface area contributed by atoms with E-state index in [0.29, 0.717) is 12.8 Å². The Hall–Kier alpha value is -3.69. The highest BCUT2D eigenvalue weighted by Gasteiger charge is 2.46. The van der Waals surface area contributed by atoms with Gasteiger partial charge in [0.05, 0.1) is 6.61 Å². The molecule has 0 radical (unpaired) electrons. The third-order valence-corrected chi connectivity index (χ3v) is 8.82. The number of allylic oxidation sites excluding steroid dienone is 18. The fourth-order valence-corrected chi connectivity index (χ4v) is 5.75. The monoisotopic (exact) mass is 804 g/mol. The lowest BCUT2D eigenvalue weighted by molar-refractivity contribution is -0.297. The molecule has 0 saturated carbocycles. The smallest absolute Gasteiger partial charge is 0.306 e. The molecular formula is C43H64O12S. The van der Waals surface area contributed by atoms with Crippen LogP contribution in [0.25, 0.3) is 0 Å². The third kappa shape index (κ3) is 27.0. The van der Waals surface area contributed by atoms with Gasteiger partial charge >= 0.3 is 11.9 Å². The largest absolute Gasteiger partial charge is 0.462 e. The zero-order chi connectivity index (χ0) is 41.3. The molecule has 0 aromatic heterocycles. The van der Waals surface area contributed by atoms with Gasteiger partial charge in [0.25, 0.3) is 10.1 Å². The summed E-state index contributed by atoms with van der Waals surface area (Å²) in [5.74, 6) is -2.12. The van der Waals surface area contributed by atoms with Crippen molar-refractivity contribution >= 4 is 22.1 Å². The van der Waals surface area contributed by atoms with Crippen molar-refractivity contribution in [2.24, 2.45) is 0 Å². The minimum atomic E-state index is -4.62. The van der Waals surface area contributed by atoms with Crippen LogP contribution in [0, 0.1) is 0 Å². The molecule has 4 N–H and O–H groups in total. The van der Waals surface area contributed by atoms with Gasteiger partial charge < -0.3 is 34.3 Å². The normalized spacial score (nSPS) is 21.9. The van der Waals surface area contributed by atoms with E-state index in [-0.39, 0.29) is 19.4 Å². The molecule has 0 aliphatic carbocycles. The van der Waals surface area contributed by atoms with Crippen molar-refractivity contribution < 1.29 is 56.8 Å². The molecule has 0 spiro atoms. The van der Waals surface area contributed by atoms with Crippen molar-refractivity contribution in [1.82, 2.24) is 0 Å². The predicted molar refractivity (Wildman–Crippen MR) is 219 cm³/mol. The van der Waals surface area contributed by atoms with Crippen LogP contribution in [0.1, 0.15) is 90.9 Å². The molecule has 6 atom stereocenters. The van der Waals surface area contributed by atoms with Crippen LogP contribution in [-0.4, -0.2) is 96.0 Å². The topological polar surface area (TPSA) is 186 Å². The molecule has 1 saturated heterocycles. The number of ether oxygens (including phenoxy) is 4. The molecular weight excluding hydrogens is 741 g/mol. The molecule has 56 heavy (non-hydrogen) atoms. The summed E-state index contributed by atoms with van der Waals surface area (Å²) >= 11 is 0. The van der Waals surface area contributed by atoms with Gasteiger partial charge in [0.15, 0.2) is 12.4 Å². The molecule has 12 nitrogen and oxygen atoms in total. The number of unbranched alkanes of at least 4 members (excludes halogenated alkanes) is 6. The van der Waals surface area contributed by atoms with Crippen LogP contribution in [0.2, 0.25) is 0 Å². The van der Waals surface area contributed by atoms with Crippen molar-refractivity contribution in [3.8, 4) is 0 Å². The molecule has 1 rings (SSSR count). The fourth-order valence-electron chi connectivity index (χ4n) is 5.06. The van der Waals surface area contributed by atoms with Crippen LogP contribution in [0.3, 0.4) is 0 Å². The number of carbonyl (C=O) groups excluding carboxylic acids is 2. The van der Waals surface area contributed by atoms with E-state index in [0.717, 1.165) is 51.4 Å². The van der Waals surface area contributed by atoms with Gasteiger partial charge in [0, 0.05) is 12.8 Å². The number of hydrogen-bond acceptors (Lipinski definition) is 11. The zero-order valence-corrected chi connectivity index (χ0v) is 33.7. The quantitative estimate of drug-likeness (QED) is 0.0266. The standard InChI is InChI=1S/C43H64O12S/c1-3-5-7-9-11-13-15-17-18-20-21-23-25-27-29-31-38(44)52-33-36(34-53-43-42(48)41(47)40(46)37(55-43)35-56(49,50)51)54-39(45)32-30-28-26-24-22-19-16-14-12-10-8-6-4-2/h5-22,36-37,40-43,46-48H,3-4,23-35H2,1-2H3,(H,49,50,51)/b7-5+,8-6+,11-9+,12-10+,15-13+,16-14+,18-17+,21-20+,22-19+/t36?,37-,40-,41?,42?,43+/m1/s1. The molecule has 1 aliphatic rings. The summed E-state index contributed by atoms with van der Waals surface area (Å²) in [5, 5.41) is 30.8. The highest BCUT2D eigenvalue weighted by atomic mass is 32.2. The molecule has 1 aliphatic heterocycles. The third-order valence-electron chi connectivity index (χ3n) is 8.07. The number of rotatable bonds is 29. The van der Waals surface area contributed by atoms with E-state index in [4.69, 9.17) is 18.9 Å². The van der Waals surface area contributed by atoms with Gasteiger partial charge in [-0.2, -0.15) is 8.42 Å². The number of esters is 2. The van der Waals surface area contributed by atoms with Crippen LogP contribution >= 0.6 is 0 Å². The Morgan fingerprint density at radius 1 is 0.607 bits per heavy atom. The van der Waals surface area contributed by atoms with Crippen molar-refractivity contribution in [3.63, 3.8) is 0 Å². The molecule has 0 bridgehead atoms. The van der Waals surface area contributed by atoms with Gasteiger partial charge in [0.1, 0.15) is 36.8 Å². The van der Waals surface area contributed by atoms with E-state index >= 15 is 0 Å². The number of aliphatic hydroxyl groups is 3. The Morgan fingerprint density at radius 3 is 1.55 bits per heavy atom. The highest BCUT2D eigenvalue weighted by molar-refractivity contribution is 7.85. The maximum atomic E-state index is 12.7. The Bertz CT molecular complexity index is 1450. The summed E-state index contributed by atoms with van der Waals surface area (Å²) in [5.41, 5.74) is 0. The summed E-state index contributed by atoms with van der Waals surface area (Å²) in [6, 6.07) is 0. The van der Waals surface area contributed by atoms with E-state index in [9.17, 15) is 37.9 Å². The minimum absolute atomic E-state index is 0.100. The molecule has 1 fully saturated rings. The SMILES string of the molecule is CC/C=C/C=C/C=C/C=C/C=C/CCCCCC(=O)OCC(CO[C@H]1O[C@H](CS(=O)(=O)O)[C@@H](O)C(O)C1O)OC(=O)CCCCC/C=C/C=C/C=C/C=C/CC. The summed E-state index contributed by atoms with van der Waals surface area (Å²) in [6.07, 6.45) is 34.3. The first-order valence-corrected chi connectivity index (χ1v) is 21.2. The number of aliphatic hydroxyl groups excluding tert-OH is 3. The maximum Gasteiger partial charge on any atom is 0.306 e. The van der Waals surface area contributed by atoms with Crippen molar-refractivity contribution in [1.29, 1.82) is 0 Å². The second-order valence-corrected chi connectivity index (χ2v) is 14.5. The second-order valence-electron chi connectivity index (χ2n) is 13.0. The van der Waals surface area contributed by atoms with Gasteiger partial charge in [-0.3, -0.25) is 14.1 Å². The lowest BCUT2D eigenvalue weighted by Crippen LogP contribution is -2.60. The van der Waals surface area contributed by atoms with Gasteiger partial charge in [-0.15, -0.1) is 0 Å². The summed E-state index contributed by atoms with van der Waals surface area (Å²) in [7, 11) is -4.62. The van der Waals surface area contributed by atoms with Crippen LogP contribution < -0.4 is 0 Å². The lowest BCUT2D eigenvalue weighted by atomic mass is 10.00. The van der Waals surface area contributed by atoms with Crippen LogP contribution in [0.5, 0.6) is 0 Å². The van der Waals surface area contributed by atoms with E-state index in [2.05, 4.69) is 32.1 Å². The van der Waals surface area contributed by atoms with Crippen molar-refractivity contribution in [3.05, 3.63) is 109 Å². The lowest BCUT2D eigenvalue weighted by Gasteiger charge is -2.40. The Morgan fingerprint density at radius 2 is 1.07 bits per heavy atom. The van der Waals surface area contributed by atoms with Crippen molar-refractivity contribution in [2.75, 3.05) is 19.0 Å². The fraction of sp³-hybridized carbons (Fsp3) is 0.535. The van der Waals surface area contributed by atoms with Crippen molar-refractivity contribution in [2.45, 2.75) is 128 Å². The predicted octanol–water partition coefficient (Wildman–Crippen LogP) is 6.88. The molecule has 314 valence electrons. The first-order chi connectivity index (χ1) is 27.0. The number of hydrogen-bond donors (Lipinski definition) is 4. The van der Waals surface area contributed by atoms with E-state index < -0.39 is 71.2 Å². The first-order valence-electron chi connectivity index (χ1n) is 19.6. The molecule has 3 unspecified atom stereocenters. The van der Waals surface area contributed by atoms with Gasteiger partial charge in [-0.25, -0.2) is 0 Å². The Balaban J connectivity index is 2.60. The van der Waals surface area contributed by atoms with Crippen LogP contribution in [0.4, 0.5) is 0 Å². The Labute approximate surface area is 334 Å². The molecule has 0 aromatic rings. The first kappa shape index (κ1) is 50.3. The Kier molecular flexibility index (Phi) is 29.1.